The van der Waals surface area contributed by atoms with E-state index in [1.165, 1.54) is 6.42 Å². The monoisotopic (exact) mass is 277 g/mol. The molecule has 0 radical (unpaired) electrons. The van der Waals surface area contributed by atoms with Crippen molar-refractivity contribution in [1.82, 2.24) is 10.3 Å². The van der Waals surface area contributed by atoms with E-state index in [0.717, 1.165) is 31.1 Å². The van der Waals surface area contributed by atoms with Crippen LogP contribution in [-0.2, 0) is 0 Å². The van der Waals surface area contributed by atoms with Gasteiger partial charge in [0.25, 0.3) is 0 Å². The first kappa shape index (κ1) is 14.9. The Kier molecular flexibility index (Phi) is 4.38. The van der Waals surface area contributed by atoms with Crippen LogP contribution in [0, 0.1) is 5.41 Å². The third-order valence-corrected chi connectivity index (χ3v) is 3.59. The lowest BCUT2D eigenvalue weighted by Crippen LogP contribution is -2.29. The number of hydrogen-bond acceptors (Lipinski definition) is 5. The highest BCUT2D eigenvalue weighted by atomic mass is 15.2. The van der Waals surface area contributed by atoms with Gasteiger partial charge in [-0.15, -0.1) is 0 Å². The molecule has 0 unspecified atom stereocenters. The molecule has 5 heteroatoms. The Hall–Kier alpha value is -1.49. The molecule has 112 valence electrons. The molecule has 0 bridgehead atoms. The molecule has 1 atom stereocenters. The van der Waals surface area contributed by atoms with Gasteiger partial charge in [0.1, 0.15) is 11.6 Å². The number of rotatable bonds is 4. The van der Waals surface area contributed by atoms with Crippen molar-refractivity contribution in [2.45, 2.75) is 33.2 Å². The van der Waals surface area contributed by atoms with Gasteiger partial charge in [-0.3, -0.25) is 0 Å². The molecule has 1 saturated heterocycles. The Balaban J connectivity index is 2.09. The molecule has 0 amide bonds. The smallest absolute Gasteiger partial charge is 0.130 e. The van der Waals surface area contributed by atoms with E-state index in [0.29, 0.717) is 11.9 Å². The number of nitrogens with two attached hydrogens (primary N) is 1. The summed E-state index contributed by atoms with van der Waals surface area (Å²) >= 11 is 0. The summed E-state index contributed by atoms with van der Waals surface area (Å²) in [5.41, 5.74) is 7.32. The fourth-order valence-corrected chi connectivity index (χ4v) is 2.40. The fourth-order valence-electron chi connectivity index (χ4n) is 2.40. The lowest BCUT2D eigenvalue weighted by Gasteiger charge is -2.22. The molecule has 1 aromatic rings. The molecule has 0 saturated carbocycles. The van der Waals surface area contributed by atoms with Crippen molar-refractivity contribution < 1.29 is 0 Å². The summed E-state index contributed by atoms with van der Waals surface area (Å²) in [5, 5.41) is 6.71. The lowest BCUT2D eigenvalue weighted by molar-refractivity contribution is 0.442. The molecule has 1 aliphatic heterocycles. The van der Waals surface area contributed by atoms with Gasteiger partial charge >= 0.3 is 0 Å². The Morgan fingerprint density at radius 2 is 2.15 bits per heavy atom. The first-order valence-electron chi connectivity index (χ1n) is 7.31. The summed E-state index contributed by atoms with van der Waals surface area (Å²) in [6.07, 6.45) is 1.17. The highest BCUT2D eigenvalue weighted by Gasteiger charge is 2.22. The number of likely N-dealkylation sites (N-methyl/N-ethyl adjacent to an activating group) is 1. The van der Waals surface area contributed by atoms with Crippen molar-refractivity contribution in [1.29, 1.82) is 0 Å². The summed E-state index contributed by atoms with van der Waals surface area (Å²) in [4.78, 5) is 6.73. The molecular formula is C15H27N5. The van der Waals surface area contributed by atoms with Crippen LogP contribution in [0.1, 0.15) is 27.2 Å². The van der Waals surface area contributed by atoms with Crippen LogP contribution in [0.15, 0.2) is 12.1 Å². The summed E-state index contributed by atoms with van der Waals surface area (Å²) in [5.74, 6) is 1.44. The summed E-state index contributed by atoms with van der Waals surface area (Å²) < 4.78 is 0. The molecule has 4 N–H and O–H groups in total. The predicted octanol–water partition coefficient (Wildman–Crippen LogP) is 1.92. The fraction of sp³-hybridized carbons (Fsp3) is 0.667. The van der Waals surface area contributed by atoms with Crippen LogP contribution >= 0.6 is 0 Å². The van der Waals surface area contributed by atoms with Gasteiger partial charge in [0.15, 0.2) is 0 Å². The minimum atomic E-state index is 0.220. The second-order valence-corrected chi connectivity index (χ2v) is 6.77. The SMILES string of the molecule is CN[C@@H]1CCN(c2cc(N)nc(NCC(C)(C)C)c2)C1. The summed E-state index contributed by atoms with van der Waals surface area (Å²) in [7, 11) is 2.02. The number of nitrogens with one attached hydrogen (secondary N) is 2. The highest BCUT2D eigenvalue weighted by Crippen LogP contribution is 2.25. The standard InChI is InChI=1S/C15H27N5/c1-15(2,3)10-18-14-8-12(7-13(16)19-14)20-6-5-11(9-20)17-4/h7-8,11,17H,5-6,9-10H2,1-4H3,(H3,16,18,19)/t11-/m1/s1. The number of hydrogen-bond donors (Lipinski definition) is 3. The number of aromatic nitrogens is 1. The van der Waals surface area contributed by atoms with Crippen molar-refractivity contribution in [3.8, 4) is 0 Å². The van der Waals surface area contributed by atoms with Crippen LogP contribution in [0.25, 0.3) is 0 Å². The third-order valence-electron chi connectivity index (χ3n) is 3.59. The molecule has 1 fully saturated rings. The van der Waals surface area contributed by atoms with Crippen molar-refractivity contribution in [3.63, 3.8) is 0 Å². The molecule has 1 aliphatic rings. The summed E-state index contributed by atoms with van der Waals surface area (Å²) in [6.45, 7) is 9.57. The van der Waals surface area contributed by atoms with Crippen LogP contribution < -0.4 is 21.3 Å². The maximum Gasteiger partial charge on any atom is 0.130 e. The van der Waals surface area contributed by atoms with E-state index in [4.69, 9.17) is 5.73 Å². The molecule has 0 aromatic carbocycles. The van der Waals surface area contributed by atoms with Crippen LogP contribution in [0.5, 0.6) is 0 Å². The van der Waals surface area contributed by atoms with Gasteiger partial charge in [-0.2, -0.15) is 0 Å². The van der Waals surface area contributed by atoms with Gasteiger partial charge in [0, 0.05) is 43.5 Å². The maximum absolute atomic E-state index is 5.94. The molecule has 20 heavy (non-hydrogen) atoms. The zero-order chi connectivity index (χ0) is 14.8. The van der Waals surface area contributed by atoms with Gasteiger partial charge in [0.2, 0.25) is 0 Å². The molecule has 0 spiro atoms. The Morgan fingerprint density at radius 3 is 2.75 bits per heavy atom. The second kappa shape index (κ2) is 5.87. The quantitative estimate of drug-likeness (QED) is 0.784. The largest absolute Gasteiger partial charge is 0.384 e. The molecule has 5 nitrogen and oxygen atoms in total. The van der Waals surface area contributed by atoms with Gasteiger partial charge in [0.05, 0.1) is 0 Å². The first-order valence-corrected chi connectivity index (χ1v) is 7.31. The van der Waals surface area contributed by atoms with Crippen molar-refractivity contribution in [2.75, 3.05) is 42.6 Å². The number of pyridine rings is 1. The minimum Gasteiger partial charge on any atom is -0.384 e. The Bertz CT molecular complexity index is 452. The third kappa shape index (κ3) is 4.00. The lowest BCUT2D eigenvalue weighted by atomic mass is 9.97. The predicted molar refractivity (Wildman–Crippen MR) is 86.3 cm³/mol. The Labute approximate surface area is 121 Å². The average Bonchev–Trinajstić information content (AvgIpc) is 2.84. The summed E-state index contributed by atoms with van der Waals surface area (Å²) in [6, 6.07) is 4.62. The van der Waals surface area contributed by atoms with Gasteiger partial charge in [-0.05, 0) is 18.9 Å². The highest BCUT2D eigenvalue weighted by molar-refractivity contribution is 5.60. The zero-order valence-electron chi connectivity index (χ0n) is 13.0. The van der Waals surface area contributed by atoms with E-state index in [1.54, 1.807) is 0 Å². The molecular weight excluding hydrogens is 250 g/mol. The van der Waals surface area contributed by atoms with Gasteiger partial charge in [-0.1, -0.05) is 20.8 Å². The molecule has 2 heterocycles. The topological polar surface area (TPSA) is 66.2 Å². The minimum absolute atomic E-state index is 0.220. The van der Waals surface area contributed by atoms with Crippen LogP contribution in [0.2, 0.25) is 0 Å². The van der Waals surface area contributed by atoms with Crippen molar-refractivity contribution >= 4 is 17.3 Å². The number of anilines is 3. The zero-order valence-corrected chi connectivity index (χ0v) is 13.0. The van der Waals surface area contributed by atoms with Crippen molar-refractivity contribution in [3.05, 3.63) is 12.1 Å². The molecule has 0 aliphatic carbocycles. The second-order valence-electron chi connectivity index (χ2n) is 6.77. The van der Waals surface area contributed by atoms with Crippen LogP contribution in [0.3, 0.4) is 0 Å². The number of nitrogens with zero attached hydrogens (tertiary/aromatic N) is 2. The number of nitrogen functional groups attached to an aromatic ring is 1. The van der Waals surface area contributed by atoms with Gasteiger partial charge in [-0.25, -0.2) is 4.98 Å². The first-order chi connectivity index (χ1) is 9.37. The Morgan fingerprint density at radius 1 is 1.40 bits per heavy atom. The normalized spacial score (nSPS) is 19.4. The van der Waals surface area contributed by atoms with Gasteiger partial charge < -0.3 is 21.3 Å². The molecule has 1 aromatic heterocycles. The van der Waals surface area contributed by atoms with E-state index < -0.39 is 0 Å². The average molecular weight is 277 g/mol. The van der Waals surface area contributed by atoms with E-state index in [1.807, 2.05) is 13.1 Å². The van der Waals surface area contributed by atoms with E-state index in [9.17, 15) is 0 Å². The molecule has 2 rings (SSSR count). The van der Waals surface area contributed by atoms with Crippen LogP contribution in [0.4, 0.5) is 17.3 Å². The van der Waals surface area contributed by atoms with E-state index in [2.05, 4.69) is 47.4 Å². The van der Waals surface area contributed by atoms with Crippen LogP contribution in [-0.4, -0.2) is 37.7 Å². The van der Waals surface area contributed by atoms with E-state index in [-0.39, 0.29) is 5.41 Å². The van der Waals surface area contributed by atoms with Crippen molar-refractivity contribution in [2.24, 2.45) is 5.41 Å². The maximum atomic E-state index is 5.94. The van der Waals surface area contributed by atoms with E-state index >= 15 is 0 Å².